The molecule has 21 heavy (non-hydrogen) atoms. The van der Waals surface area contributed by atoms with Gasteiger partial charge in [-0.2, -0.15) is 0 Å². The highest BCUT2D eigenvalue weighted by atomic mass is 35.5. The van der Waals surface area contributed by atoms with Gasteiger partial charge < -0.3 is 10.3 Å². The van der Waals surface area contributed by atoms with Gasteiger partial charge in [-0.05, 0) is 36.6 Å². The highest BCUT2D eigenvalue weighted by molar-refractivity contribution is 6.42. The molecule has 3 nitrogen and oxygen atoms in total. The molecule has 0 bridgehead atoms. The molecule has 0 spiro atoms. The number of aromatic nitrogens is 2. The second kappa shape index (κ2) is 4.93. The lowest BCUT2D eigenvalue weighted by molar-refractivity contribution is 0.831. The molecule has 0 fully saturated rings. The Kier molecular flexibility index (Phi) is 3.05. The molecule has 1 aromatic heterocycles. The number of imidazole rings is 1. The Labute approximate surface area is 132 Å². The third kappa shape index (κ3) is 2.17. The second-order valence-corrected chi connectivity index (χ2v) is 6.05. The number of benzene rings is 2. The van der Waals surface area contributed by atoms with Crippen LogP contribution >= 0.6 is 23.2 Å². The second-order valence-electron chi connectivity index (χ2n) is 5.23. The van der Waals surface area contributed by atoms with Crippen molar-refractivity contribution in [3.63, 3.8) is 0 Å². The van der Waals surface area contributed by atoms with Crippen LogP contribution in [0, 0.1) is 0 Å². The minimum Gasteiger partial charge on any atom is -0.385 e. The Hall–Kier alpha value is -1.71. The number of nitrogens with zero attached hydrogens (tertiary/aromatic N) is 1. The van der Waals surface area contributed by atoms with Crippen molar-refractivity contribution in [3.8, 4) is 11.4 Å². The van der Waals surface area contributed by atoms with E-state index in [9.17, 15) is 0 Å². The van der Waals surface area contributed by atoms with Gasteiger partial charge in [-0.15, -0.1) is 0 Å². The fourth-order valence-electron chi connectivity index (χ4n) is 2.86. The van der Waals surface area contributed by atoms with Gasteiger partial charge in [-0.3, -0.25) is 0 Å². The van der Waals surface area contributed by atoms with Crippen LogP contribution in [0.2, 0.25) is 10.0 Å². The van der Waals surface area contributed by atoms with Gasteiger partial charge in [0.05, 0.1) is 21.1 Å². The highest BCUT2D eigenvalue weighted by Crippen LogP contribution is 2.33. The van der Waals surface area contributed by atoms with E-state index in [0.717, 1.165) is 41.8 Å². The number of rotatable bonds is 1. The van der Waals surface area contributed by atoms with Gasteiger partial charge in [0.25, 0.3) is 0 Å². The monoisotopic (exact) mass is 317 g/mol. The summed E-state index contributed by atoms with van der Waals surface area (Å²) in [5, 5.41) is 4.51. The number of fused-ring (bicyclic) bond motifs is 2. The van der Waals surface area contributed by atoms with E-state index in [2.05, 4.69) is 33.5 Å². The minimum absolute atomic E-state index is 0.527. The van der Waals surface area contributed by atoms with Crippen LogP contribution in [0.25, 0.3) is 22.4 Å². The Balaban J connectivity index is 1.91. The molecule has 4 rings (SSSR count). The van der Waals surface area contributed by atoms with Crippen LogP contribution in [0.1, 0.15) is 12.0 Å². The highest BCUT2D eigenvalue weighted by Gasteiger charge is 2.16. The van der Waals surface area contributed by atoms with Crippen molar-refractivity contribution in [2.75, 3.05) is 11.9 Å². The third-order valence-electron chi connectivity index (χ3n) is 3.87. The minimum atomic E-state index is 0.527. The molecule has 1 aliphatic heterocycles. The summed E-state index contributed by atoms with van der Waals surface area (Å²) in [4.78, 5) is 8.01. The summed E-state index contributed by atoms with van der Waals surface area (Å²) in [6, 6.07) is 9.90. The maximum atomic E-state index is 6.07. The summed E-state index contributed by atoms with van der Waals surface area (Å²) >= 11 is 12.1. The van der Waals surface area contributed by atoms with Gasteiger partial charge in [0.2, 0.25) is 0 Å². The zero-order chi connectivity index (χ0) is 14.4. The quantitative estimate of drug-likeness (QED) is 0.670. The number of H-pyrrole nitrogens is 1. The standard InChI is InChI=1S/C16H13Cl2N3/c17-11-7-14-15(8-12(11)18)21-16(20-14)10-3-1-5-13-9(10)4-2-6-19-13/h1,3,5,7-8,19H,2,4,6H2,(H,20,21). The summed E-state index contributed by atoms with van der Waals surface area (Å²) in [6.07, 6.45) is 2.21. The first-order chi connectivity index (χ1) is 10.2. The number of hydrogen-bond acceptors (Lipinski definition) is 2. The van der Waals surface area contributed by atoms with E-state index in [-0.39, 0.29) is 0 Å². The van der Waals surface area contributed by atoms with Crippen LogP contribution in [0.15, 0.2) is 30.3 Å². The predicted molar refractivity (Wildman–Crippen MR) is 88.4 cm³/mol. The molecular formula is C16H13Cl2N3. The summed E-state index contributed by atoms with van der Waals surface area (Å²) < 4.78 is 0. The van der Waals surface area contributed by atoms with E-state index in [1.807, 2.05) is 6.07 Å². The zero-order valence-corrected chi connectivity index (χ0v) is 12.7. The number of anilines is 1. The molecule has 0 atom stereocenters. The molecule has 3 aromatic rings. The molecule has 5 heteroatoms. The van der Waals surface area contributed by atoms with E-state index >= 15 is 0 Å². The first kappa shape index (κ1) is 13.0. The van der Waals surface area contributed by atoms with Gasteiger partial charge in [0.15, 0.2) is 0 Å². The van der Waals surface area contributed by atoms with E-state index in [4.69, 9.17) is 23.2 Å². The number of nitrogens with one attached hydrogen (secondary N) is 2. The van der Waals surface area contributed by atoms with Crippen molar-refractivity contribution >= 4 is 39.9 Å². The van der Waals surface area contributed by atoms with Crippen molar-refractivity contribution < 1.29 is 0 Å². The van der Waals surface area contributed by atoms with Crippen LogP contribution in [-0.4, -0.2) is 16.5 Å². The summed E-state index contributed by atoms with van der Waals surface area (Å²) in [5.41, 5.74) is 5.40. The molecular weight excluding hydrogens is 305 g/mol. The molecule has 0 unspecified atom stereocenters. The molecule has 1 aliphatic rings. The fourth-order valence-corrected chi connectivity index (χ4v) is 3.19. The molecule has 0 radical (unpaired) electrons. The molecule has 0 saturated heterocycles. The van der Waals surface area contributed by atoms with E-state index in [0.29, 0.717) is 10.0 Å². The summed E-state index contributed by atoms with van der Waals surface area (Å²) in [6.45, 7) is 1.03. The first-order valence-corrected chi connectivity index (χ1v) is 7.69. The largest absolute Gasteiger partial charge is 0.385 e. The lowest BCUT2D eigenvalue weighted by atomic mass is 9.97. The summed E-state index contributed by atoms with van der Waals surface area (Å²) in [5.74, 6) is 0.865. The van der Waals surface area contributed by atoms with E-state index in [1.54, 1.807) is 6.07 Å². The first-order valence-electron chi connectivity index (χ1n) is 6.93. The maximum absolute atomic E-state index is 6.07. The van der Waals surface area contributed by atoms with Crippen molar-refractivity contribution in [1.29, 1.82) is 0 Å². The van der Waals surface area contributed by atoms with E-state index in [1.165, 1.54) is 11.3 Å². The SMILES string of the molecule is Clc1cc2nc(-c3cccc4c3CCCN4)[nH]c2cc1Cl. The van der Waals surface area contributed by atoms with E-state index < -0.39 is 0 Å². The molecule has 2 aromatic carbocycles. The topological polar surface area (TPSA) is 40.7 Å². The Morgan fingerprint density at radius 3 is 2.86 bits per heavy atom. The number of hydrogen-bond donors (Lipinski definition) is 2. The lowest BCUT2D eigenvalue weighted by Gasteiger charge is -2.20. The van der Waals surface area contributed by atoms with Gasteiger partial charge in [-0.1, -0.05) is 35.3 Å². The van der Waals surface area contributed by atoms with Crippen LogP contribution in [0.3, 0.4) is 0 Å². The van der Waals surface area contributed by atoms with Crippen LogP contribution in [0.5, 0.6) is 0 Å². The van der Waals surface area contributed by atoms with Gasteiger partial charge in [0, 0.05) is 17.8 Å². The van der Waals surface area contributed by atoms with Crippen molar-refractivity contribution in [3.05, 3.63) is 45.9 Å². The third-order valence-corrected chi connectivity index (χ3v) is 4.60. The maximum Gasteiger partial charge on any atom is 0.138 e. The van der Waals surface area contributed by atoms with Crippen LogP contribution < -0.4 is 5.32 Å². The molecule has 2 N–H and O–H groups in total. The fraction of sp³-hybridized carbons (Fsp3) is 0.188. The molecule has 0 aliphatic carbocycles. The van der Waals surface area contributed by atoms with Crippen LogP contribution in [-0.2, 0) is 6.42 Å². The van der Waals surface area contributed by atoms with Crippen molar-refractivity contribution in [2.24, 2.45) is 0 Å². The predicted octanol–water partition coefficient (Wildman–Crippen LogP) is 4.89. The van der Waals surface area contributed by atoms with Gasteiger partial charge >= 0.3 is 0 Å². The van der Waals surface area contributed by atoms with Crippen LogP contribution in [0.4, 0.5) is 5.69 Å². The average molecular weight is 318 g/mol. The normalized spacial score (nSPS) is 14.0. The molecule has 106 valence electrons. The Bertz CT molecular complexity index is 800. The van der Waals surface area contributed by atoms with Gasteiger partial charge in [0.1, 0.15) is 5.82 Å². The number of aromatic amines is 1. The Morgan fingerprint density at radius 1 is 1.10 bits per heavy atom. The summed E-state index contributed by atoms with van der Waals surface area (Å²) in [7, 11) is 0. The zero-order valence-electron chi connectivity index (χ0n) is 11.2. The lowest BCUT2D eigenvalue weighted by Crippen LogP contribution is -2.12. The number of halogens is 2. The van der Waals surface area contributed by atoms with Crippen molar-refractivity contribution in [1.82, 2.24) is 9.97 Å². The molecule has 0 amide bonds. The van der Waals surface area contributed by atoms with Gasteiger partial charge in [-0.25, -0.2) is 4.98 Å². The molecule has 2 heterocycles. The van der Waals surface area contributed by atoms with Crippen molar-refractivity contribution in [2.45, 2.75) is 12.8 Å². The smallest absolute Gasteiger partial charge is 0.138 e. The average Bonchev–Trinajstić information content (AvgIpc) is 2.90. The Morgan fingerprint density at radius 2 is 1.95 bits per heavy atom. The molecule has 0 saturated carbocycles.